The van der Waals surface area contributed by atoms with Crippen molar-refractivity contribution in [2.45, 2.75) is 6.92 Å². The molecule has 10 heavy (non-hydrogen) atoms. The molecular formula is C7H7FO2. The van der Waals surface area contributed by atoms with E-state index in [9.17, 15) is 4.39 Å². The third-order valence-electron chi connectivity index (χ3n) is 1.25. The molecule has 0 saturated carbocycles. The van der Waals surface area contributed by atoms with Crippen LogP contribution in [0.3, 0.4) is 0 Å². The fourth-order valence-corrected chi connectivity index (χ4v) is 0.718. The van der Waals surface area contributed by atoms with Gasteiger partial charge in [-0.05, 0) is 18.6 Å². The van der Waals surface area contributed by atoms with Gasteiger partial charge in [0.05, 0.1) is 0 Å². The first-order valence-corrected chi connectivity index (χ1v) is 2.79. The number of hydrogen-bond acceptors (Lipinski definition) is 2. The van der Waals surface area contributed by atoms with Crippen molar-refractivity contribution in [1.29, 1.82) is 0 Å². The minimum Gasteiger partial charge on any atom is -0.504 e. The lowest BCUT2D eigenvalue weighted by atomic mass is 10.2. The first-order chi connectivity index (χ1) is 4.61. The van der Waals surface area contributed by atoms with Crippen LogP contribution in [-0.2, 0) is 0 Å². The molecule has 0 aromatic heterocycles. The second-order valence-corrected chi connectivity index (χ2v) is 2.09. The maximum atomic E-state index is 12.3. The molecule has 0 spiro atoms. The lowest BCUT2D eigenvalue weighted by molar-refractivity contribution is 0.397. The summed E-state index contributed by atoms with van der Waals surface area (Å²) in [5, 5.41) is 17.7. The molecule has 3 heteroatoms. The van der Waals surface area contributed by atoms with Gasteiger partial charge in [-0.3, -0.25) is 0 Å². The summed E-state index contributed by atoms with van der Waals surface area (Å²) in [4.78, 5) is 0. The molecule has 2 N–H and O–H groups in total. The normalized spacial score (nSPS) is 9.80. The number of halogens is 1. The average Bonchev–Trinajstić information content (AvgIpc) is 1.82. The summed E-state index contributed by atoms with van der Waals surface area (Å²) in [6, 6.07) is 2.01. The van der Waals surface area contributed by atoms with Crippen LogP contribution in [0.1, 0.15) is 5.56 Å². The summed E-state index contributed by atoms with van der Waals surface area (Å²) in [5.41, 5.74) is 0.331. The average molecular weight is 142 g/mol. The number of rotatable bonds is 0. The number of aryl methyl sites for hydroxylation is 1. The Bertz CT molecular complexity index is 235. The first-order valence-electron chi connectivity index (χ1n) is 2.79. The second kappa shape index (κ2) is 2.17. The van der Waals surface area contributed by atoms with Crippen LogP contribution in [0.25, 0.3) is 0 Å². The number of phenols is 2. The Balaban J connectivity index is 3.31. The lowest BCUT2D eigenvalue weighted by Gasteiger charge is -1.99. The third kappa shape index (κ3) is 1.03. The van der Waals surface area contributed by atoms with Crippen molar-refractivity contribution < 1.29 is 14.6 Å². The van der Waals surface area contributed by atoms with Crippen molar-refractivity contribution >= 4 is 0 Å². The maximum absolute atomic E-state index is 12.3. The van der Waals surface area contributed by atoms with Gasteiger partial charge in [-0.15, -0.1) is 0 Å². The molecule has 0 atom stereocenters. The molecule has 54 valence electrons. The van der Waals surface area contributed by atoms with Crippen LogP contribution < -0.4 is 0 Å². The molecule has 0 unspecified atom stereocenters. The summed E-state index contributed by atoms with van der Waals surface area (Å²) in [6.45, 7) is 1.51. The molecule has 0 aliphatic carbocycles. The summed E-state index contributed by atoms with van der Waals surface area (Å²) < 4.78 is 12.3. The number of hydrogen-bond donors (Lipinski definition) is 2. The highest BCUT2D eigenvalue weighted by molar-refractivity contribution is 5.43. The maximum Gasteiger partial charge on any atom is 0.160 e. The minimum atomic E-state index is -0.548. The van der Waals surface area contributed by atoms with E-state index in [2.05, 4.69) is 0 Å². The molecule has 1 rings (SSSR count). The van der Waals surface area contributed by atoms with E-state index in [0.717, 1.165) is 12.1 Å². The van der Waals surface area contributed by atoms with Crippen LogP contribution in [0.2, 0.25) is 0 Å². The molecular weight excluding hydrogens is 135 g/mol. The van der Waals surface area contributed by atoms with Crippen molar-refractivity contribution in [3.63, 3.8) is 0 Å². The number of aromatic hydroxyl groups is 2. The van der Waals surface area contributed by atoms with Gasteiger partial charge in [0.2, 0.25) is 0 Å². The van der Waals surface area contributed by atoms with E-state index in [-0.39, 0.29) is 5.75 Å². The van der Waals surface area contributed by atoms with Gasteiger partial charge >= 0.3 is 0 Å². The molecule has 1 aromatic carbocycles. The van der Waals surface area contributed by atoms with Crippen LogP contribution in [0, 0.1) is 12.7 Å². The predicted octanol–water partition coefficient (Wildman–Crippen LogP) is 1.55. The minimum absolute atomic E-state index is 0.263. The van der Waals surface area contributed by atoms with E-state index in [1.54, 1.807) is 0 Å². The molecule has 2 nitrogen and oxygen atoms in total. The summed E-state index contributed by atoms with van der Waals surface area (Å²) in [6.07, 6.45) is 0. The van der Waals surface area contributed by atoms with Gasteiger partial charge < -0.3 is 10.2 Å². The highest BCUT2D eigenvalue weighted by atomic mass is 19.1. The predicted molar refractivity (Wildman–Crippen MR) is 34.5 cm³/mol. The van der Waals surface area contributed by atoms with E-state index in [1.165, 1.54) is 6.92 Å². The first kappa shape index (κ1) is 6.86. The zero-order chi connectivity index (χ0) is 7.72. The molecule has 0 radical (unpaired) electrons. The van der Waals surface area contributed by atoms with Crippen molar-refractivity contribution in [3.8, 4) is 11.5 Å². The topological polar surface area (TPSA) is 40.5 Å². The van der Waals surface area contributed by atoms with Crippen LogP contribution >= 0.6 is 0 Å². The van der Waals surface area contributed by atoms with Crippen molar-refractivity contribution in [2.24, 2.45) is 0 Å². The van der Waals surface area contributed by atoms with E-state index < -0.39 is 11.6 Å². The Labute approximate surface area is 57.6 Å². The Kier molecular flexibility index (Phi) is 1.49. The Hall–Kier alpha value is -1.25. The van der Waals surface area contributed by atoms with Crippen molar-refractivity contribution in [2.75, 3.05) is 0 Å². The van der Waals surface area contributed by atoms with Gasteiger partial charge in [-0.1, -0.05) is 0 Å². The fraction of sp³-hybridized carbons (Fsp3) is 0.143. The number of benzene rings is 1. The van der Waals surface area contributed by atoms with E-state index in [4.69, 9.17) is 10.2 Å². The molecule has 0 heterocycles. The zero-order valence-electron chi connectivity index (χ0n) is 5.43. The van der Waals surface area contributed by atoms with E-state index in [1.807, 2.05) is 0 Å². The van der Waals surface area contributed by atoms with Gasteiger partial charge in [-0.2, -0.15) is 0 Å². The van der Waals surface area contributed by atoms with Crippen LogP contribution in [0.5, 0.6) is 11.5 Å². The van der Waals surface area contributed by atoms with E-state index >= 15 is 0 Å². The van der Waals surface area contributed by atoms with Crippen LogP contribution in [0.15, 0.2) is 12.1 Å². The summed E-state index contributed by atoms with van der Waals surface area (Å²) in [5.74, 6) is -1.23. The summed E-state index contributed by atoms with van der Waals surface area (Å²) >= 11 is 0. The molecule has 0 saturated heterocycles. The van der Waals surface area contributed by atoms with Gasteiger partial charge in [0.25, 0.3) is 0 Å². The zero-order valence-corrected chi connectivity index (χ0v) is 5.43. The second-order valence-electron chi connectivity index (χ2n) is 2.09. The molecule has 0 aliphatic rings. The number of phenolic OH excluding ortho intramolecular Hbond substituents is 2. The van der Waals surface area contributed by atoms with Gasteiger partial charge in [0.1, 0.15) is 5.82 Å². The van der Waals surface area contributed by atoms with E-state index in [0.29, 0.717) is 5.56 Å². The monoisotopic (exact) mass is 142 g/mol. The lowest BCUT2D eigenvalue weighted by Crippen LogP contribution is -1.78. The summed E-state index contributed by atoms with van der Waals surface area (Å²) in [7, 11) is 0. The quantitative estimate of drug-likeness (QED) is 0.539. The van der Waals surface area contributed by atoms with Crippen LogP contribution in [-0.4, -0.2) is 10.2 Å². The molecule has 1 aromatic rings. The molecule has 0 fully saturated rings. The van der Waals surface area contributed by atoms with Crippen molar-refractivity contribution in [1.82, 2.24) is 0 Å². The Morgan fingerprint density at radius 2 is 1.90 bits per heavy atom. The third-order valence-corrected chi connectivity index (χ3v) is 1.25. The fourth-order valence-electron chi connectivity index (χ4n) is 0.718. The molecule has 0 aliphatic heterocycles. The largest absolute Gasteiger partial charge is 0.504 e. The molecule has 0 amide bonds. The highest BCUT2D eigenvalue weighted by Crippen LogP contribution is 2.28. The van der Waals surface area contributed by atoms with Gasteiger partial charge in [0, 0.05) is 6.07 Å². The van der Waals surface area contributed by atoms with Gasteiger partial charge in [0.15, 0.2) is 11.5 Å². The highest BCUT2D eigenvalue weighted by Gasteiger charge is 2.03. The smallest absolute Gasteiger partial charge is 0.160 e. The van der Waals surface area contributed by atoms with Crippen LogP contribution in [0.4, 0.5) is 4.39 Å². The SMILES string of the molecule is Cc1cc(F)cc(O)c1O. The standard InChI is InChI=1S/C7H7FO2/c1-4-2-5(8)3-6(9)7(4)10/h2-3,9-10H,1H3. The van der Waals surface area contributed by atoms with Crippen molar-refractivity contribution in [3.05, 3.63) is 23.5 Å². The Morgan fingerprint density at radius 1 is 1.30 bits per heavy atom. The molecule has 0 bridgehead atoms. The van der Waals surface area contributed by atoms with Gasteiger partial charge in [-0.25, -0.2) is 4.39 Å². The Morgan fingerprint density at radius 3 is 2.40 bits per heavy atom.